The lowest BCUT2D eigenvalue weighted by Gasteiger charge is -2.07. The van der Waals surface area contributed by atoms with Crippen LogP contribution in [0.2, 0.25) is 0 Å². The van der Waals surface area contributed by atoms with Crippen molar-refractivity contribution in [3.05, 3.63) is 29.3 Å². The first-order valence-electron chi connectivity index (χ1n) is 4.55. The number of rotatable bonds is 3. The second kappa shape index (κ2) is 3.72. The summed E-state index contributed by atoms with van der Waals surface area (Å²) in [5.41, 5.74) is 0. The van der Waals surface area contributed by atoms with Crippen LogP contribution in [0.1, 0.15) is 12.8 Å². The van der Waals surface area contributed by atoms with Gasteiger partial charge in [0.05, 0.1) is 6.61 Å². The molecule has 2 rings (SSSR count). The molecule has 0 heterocycles. The van der Waals surface area contributed by atoms with Crippen LogP contribution in [0.25, 0.3) is 0 Å². The Morgan fingerprint density at radius 2 is 1.73 bits per heavy atom. The lowest BCUT2D eigenvalue weighted by atomic mass is 10.3. The van der Waals surface area contributed by atoms with Gasteiger partial charge >= 0.3 is 0 Å². The largest absolute Gasteiger partial charge is 0.490 e. The molecule has 0 radical (unpaired) electrons. The van der Waals surface area contributed by atoms with E-state index >= 15 is 0 Å². The molecule has 1 nitrogen and oxygen atoms in total. The van der Waals surface area contributed by atoms with Crippen molar-refractivity contribution in [2.75, 3.05) is 6.61 Å². The standard InChI is InChI=1S/C10H8F4O/c11-6-3-7(15-4-5-1-2-5)9(13)10(14)8(6)12/h3,5H,1-2,4H2. The zero-order valence-electron chi connectivity index (χ0n) is 7.70. The molecule has 1 aromatic carbocycles. The van der Waals surface area contributed by atoms with E-state index in [4.69, 9.17) is 4.74 Å². The van der Waals surface area contributed by atoms with E-state index in [1.54, 1.807) is 0 Å². The molecule has 1 aromatic rings. The third-order valence-electron chi connectivity index (χ3n) is 2.24. The van der Waals surface area contributed by atoms with E-state index in [0.29, 0.717) is 12.0 Å². The molecule has 1 aliphatic rings. The van der Waals surface area contributed by atoms with Crippen LogP contribution in [0.4, 0.5) is 17.6 Å². The molecule has 0 bridgehead atoms. The summed E-state index contributed by atoms with van der Waals surface area (Å²) in [5.74, 6) is -6.82. The molecule has 0 unspecified atom stereocenters. The molecule has 5 heteroatoms. The summed E-state index contributed by atoms with van der Waals surface area (Å²) in [7, 11) is 0. The SMILES string of the molecule is Fc1cc(OCC2CC2)c(F)c(F)c1F. The van der Waals surface area contributed by atoms with Gasteiger partial charge in [-0.15, -0.1) is 0 Å². The zero-order chi connectivity index (χ0) is 11.0. The van der Waals surface area contributed by atoms with Crippen molar-refractivity contribution >= 4 is 0 Å². The Morgan fingerprint density at radius 3 is 2.33 bits per heavy atom. The Bertz CT molecular complexity index is 387. The molecule has 0 aromatic heterocycles. The van der Waals surface area contributed by atoms with E-state index in [9.17, 15) is 17.6 Å². The Labute approximate surface area is 83.7 Å². The van der Waals surface area contributed by atoms with Crippen molar-refractivity contribution in [2.24, 2.45) is 5.92 Å². The summed E-state index contributed by atoms with van der Waals surface area (Å²) < 4.78 is 55.8. The van der Waals surface area contributed by atoms with Crippen LogP contribution in [0.3, 0.4) is 0 Å². The highest BCUT2D eigenvalue weighted by molar-refractivity contribution is 5.27. The van der Waals surface area contributed by atoms with Crippen molar-refractivity contribution in [1.29, 1.82) is 0 Å². The maximum atomic E-state index is 13.0. The van der Waals surface area contributed by atoms with Gasteiger partial charge in [-0.1, -0.05) is 0 Å². The van der Waals surface area contributed by atoms with Crippen LogP contribution < -0.4 is 4.74 Å². The fourth-order valence-corrected chi connectivity index (χ4v) is 1.15. The minimum Gasteiger partial charge on any atom is -0.490 e. The van der Waals surface area contributed by atoms with Gasteiger partial charge in [0.15, 0.2) is 17.4 Å². The van der Waals surface area contributed by atoms with Crippen LogP contribution in [0, 0.1) is 29.2 Å². The molecule has 0 amide bonds. The average Bonchev–Trinajstić information content (AvgIpc) is 3.02. The molecule has 0 aliphatic heterocycles. The third-order valence-corrected chi connectivity index (χ3v) is 2.24. The van der Waals surface area contributed by atoms with Gasteiger partial charge in [0.2, 0.25) is 11.6 Å². The van der Waals surface area contributed by atoms with E-state index in [2.05, 4.69) is 0 Å². The van der Waals surface area contributed by atoms with Crippen molar-refractivity contribution < 1.29 is 22.3 Å². The van der Waals surface area contributed by atoms with Crippen LogP contribution >= 0.6 is 0 Å². The molecule has 15 heavy (non-hydrogen) atoms. The number of hydrogen-bond acceptors (Lipinski definition) is 1. The second-order valence-corrected chi connectivity index (χ2v) is 3.55. The number of hydrogen-bond donors (Lipinski definition) is 0. The van der Waals surface area contributed by atoms with Crippen molar-refractivity contribution in [2.45, 2.75) is 12.8 Å². The van der Waals surface area contributed by atoms with Crippen molar-refractivity contribution in [1.82, 2.24) is 0 Å². The van der Waals surface area contributed by atoms with Crippen LogP contribution in [0.5, 0.6) is 5.75 Å². The minimum absolute atomic E-state index is 0.210. The summed E-state index contributed by atoms with van der Waals surface area (Å²) in [4.78, 5) is 0. The monoisotopic (exact) mass is 220 g/mol. The van der Waals surface area contributed by atoms with Gasteiger partial charge in [0.1, 0.15) is 0 Å². The Balaban J connectivity index is 2.21. The first-order chi connectivity index (χ1) is 7.09. The summed E-state index contributed by atoms with van der Waals surface area (Å²) in [6.45, 7) is 0.210. The maximum Gasteiger partial charge on any atom is 0.203 e. The maximum absolute atomic E-state index is 13.0. The quantitative estimate of drug-likeness (QED) is 0.432. The van der Waals surface area contributed by atoms with Gasteiger partial charge in [0.25, 0.3) is 0 Å². The fraction of sp³-hybridized carbons (Fsp3) is 0.400. The van der Waals surface area contributed by atoms with Gasteiger partial charge < -0.3 is 4.74 Å². The molecule has 1 aliphatic carbocycles. The van der Waals surface area contributed by atoms with Gasteiger partial charge in [-0.25, -0.2) is 13.2 Å². The van der Waals surface area contributed by atoms with Crippen molar-refractivity contribution in [3.8, 4) is 5.75 Å². The van der Waals surface area contributed by atoms with Crippen LogP contribution in [-0.2, 0) is 0 Å². The second-order valence-electron chi connectivity index (χ2n) is 3.55. The smallest absolute Gasteiger partial charge is 0.203 e. The van der Waals surface area contributed by atoms with E-state index < -0.39 is 29.0 Å². The van der Waals surface area contributed by atoms with E-state index in [0.717, 1.165) is 12.8 Å². The van der Waals surface area contributed by atoms with Crippen LogP contribution in [-0.4, -0.2) is 6.61 Å². The van der Waals surface area contributed by atoms with E-state index in [1.165, 1.54) is 0 Å². The topological polar surface area (TPSA) is 9.23 Å². The molecule has 1 fully saturated rings. The minimum atomic E-state index is -1.83. The predicted octanol–water partition coefficient (Wildman–Crippen LogP) is 3.03. The van der Waals surface area contributed by atoms with E-state index in [-0.39, 0.29) is 6.61 Å². The van der Waals surface area contributed by atoms with Gasteiger partial charge in [-0.05, 0) is 18.8 Å². The van der Waals surface area contributed by atoms with Gasteiger partial charge in [-0.3, -0.25) is 0 Å². The number of ether oxygens (including phenoxy) is 1. The highest BCUT2D eigenvalue weighted by atomic mass is 19.2. The summed E-state index contributed by atoms with van der Waals surface area (Å²) in [6, 6.07) is 0.524. The summed E-state index contributed by atoms with van der Waals surface area (Å²) >= 11 is 0. The lowest BCUT2D eigenvalue weighted by Crippen LogP contribution is -2.04. The van der Waals surface area contributed by atoms with Crippen molar-refractivity contribution in [3.63, 3.8) is 0 Å². The molecule has 82 valence electrons. The Morgan fingerprint density at radius 1 is 1.07 bits per heavy atom. The molecule has 0 saturated heterocycles. The normalized spacial score (nSPS) is 15.5. The highest BCUT2D eigenvalue weighted by Gasteiger charge is 2.24. The number of benzene rings is 1. The van der Waals surface area contributed by atoms with Crippen LogP contribution in [0.15, 0.2) is 6.07 Å². The predicted molar refractivity (Wildman–Crippen MR) is 44.5 cm³/mol. The molecular formula is C10H8F4O. The Hall–Kier alpha value is -1.26. The molecule has 0 spiro atoms. The number of halogens is 4. The van der Waals surface area contributed by atoms with Gasteiger partial charge in [0, 0.05) is 6.07 Å². The lowest BCUT2D eigenvalue weighted by molar-refractivity contribution is 0.273. The van der Waals surface area contributed by atoms with Gasteiger partial charge in [-0.2, -0.15) is 4.39 Å². The molecule has 1 saturated carbocycles. The molecule has 0 N–H and O–H groups in total. The zero-order valence-corrected chi connectivity index (χ0v) is 7.70. The molecule has 0 atom stereocenters. The average molecular weight is 220 g/mol. The summed E-state index contributed by atoms with van der Waals surface area (Å²) in [5, 5.41) is 0. The summed E-state index contributed by atoms with van der Waals surface area (Å²) in [6.07, 6.45) is 1.93. The van der Waals surface area contributed by atoms with E-state index in [1.807, 2.05) is 0 Å². The fourth-order valence-electron chi connectivity index (χ4n) is 1.15. The third kappa shape index (κ3) is 2.06. The first-order valence-corrected chi connectivity index (χ1v) is 4.55. The highest BCUT2D eigenvalue weighted by Crippen LogP contribution is 2.31. The Kier molecular flexibility index (Phi) is 2.54. The molecular weight excluding hydrogens is 212 g/mol. The first kappa shape index (κ1) is 10.3.